The highest BCUT2D eigenvalue weighted by molar-refractivity contribution is 5.78. The van der Waals surface area contributed by atoms with Crippen LogP contribution in [0, 0.1) is 10.1 Å². The van der Waals surface area contributed by atoms with Crippen LogP contribution in [-0.4, -0.2) is 158 Å². The van der Waals surface area contributed by atoms with Crippen molar-refractivity contribution in [1.82, 2.24) is 5.32 Å². The minimum atomic E-state index is -4.97. The number of hydrogen-bond donors (Lipinski definition) is 9. The first kappa shape index (κ1) is 37.6. The molecule has 2 saturated heterocycles. The molecule has 23 heteroatoms. The van der Waals surface area contributed by atoms with E-state index in [4.69, 9.17) is 23.7 Å². The van der Waals surface area contributed by atoms with Crippen molar-refractivity contribution in [3.8, 4) is 5.75 Å². The molecule has 1 amide bonds. The van der Waals surface area contributed by atoms with Gasteiger partial charge in [0.25, 0.3) is 5.91 Å². The fraction of sp³-hybridized carbons (Fsp3) is 0.720. The third-order valence-electron chi connectivity index (χ3n) is 7.64. The van der Waals surface area contributed by atoms with E-state index in [9.17, 15) is 68.9 Å². The molecule has 1 aromatic rings. The number of rotatable bonds is 14. The molecular weight excluding hydrogens is 669 g/mol. The van der Waals surface area contributed by atoms with Gasteiger partial charge in [-0.3, -0.25) is 14.9 Å². The van der Waals surface area contributed by atoms with E-state index < -0.39 is 140 Å². The molecule has 0 spiro atoms. The maximum atomic E-state index is 13.4. The molecule has 1 aromatic carbocycles. The van der Waals surface area contributed by atoms with E-state index in [2.05, 4.69) is 15.5 Å². The third-order valence-corrected chi connectivity index (χ3v) is 7.64. The molecule has 0 bridgehead atoms. The van der Waals surface area contributed by atoms with Crippen LogP contribution in [0.2, 0.25) is 0 Å². The normalized spacial score (nSPS) is 33.6. The average Bonchev–Trinajstić information content (AvgIpc) is 3.86. The highest BCUT2D eigenvalue weighted by atomic mass is 19.4. The Balaban J connectivity index is 1.46. The Morgan fingerprint density at radius 3 is 1.85 bits per heavy atom. The summed E-state index contributed by atoms with van der Waals surface area (Å²) in [5.41, 5.74) is -4.55. The molecule has 3 heterocycles. The van der Waals surface area contributed by atoms with Crippen LogP contribution in [0.15, 0.2) is 28.4 Å². The maximum Gasteiger partial charge on any atom is 0.442 e. The maximum absolute atomic E-state index is 13.4. The Morgan fingerprint density at radius 1 is 0.938 bits per heavy atom. The number of benzene rings is 1. The zero-order chi connectivity index (χ0) is 35.6. The summed E-state index contributed by atoms with van der Waals surface area (Å²) in [7, 11) is 0. The molecule has 20 nitrogen and oxygen atoms in total. The molecule has 3 aliphatic rings. The third kappa shape index (κ3) is 7.98. The standard InChI is InChI=1S/C25H33F3N4O16/c26-25(27,28)24(30-31-24)9-1-2-12(11(3-9)32(42)43)44-8-15(35)29-10(6-45-20-13(4-33)47-22(40)18(38)16(20)36)7-46-21-14(5-34)48-23(41)19(39)17(21)37/h1-3,10,13-14,16-23,33-34,36-41H,4-8H2,(H,29,35)/t10?,13-,14-,16-,17-,18-,19-,20-,21-,22?,23?/m1/s1. The minimum Gasteiger partial charge on any atom is -0.477 e. The van der Waals surface area contributed by atoms with Crippen molar-refractivity contribution in [3.63, 3.8) is 0 Å². The van der Waals surface area contributed by atoms with Gasteiger partial charge in [0.1, 0.15) is 48.8 Å². The zero-order valence-corrected chi connectivity index (χ0v) is 24.4. The Hall–Kier alpha value is -3.20. The zero-order valence-electron chi connectivity index (χ0n) is 24.4. The number of carbonyl (C=O) groups is 1. The van der Waals surface area contributed by atoms with Gasteiger partial charge in [0.15, 0.2) is 24.9 Å². The summed E-state index contributed by atoms with van der Waals surface area (Å²) in [6.45, 7) is -3.78. The molecule has 0 saturated carbocycles. The molecule has 10 atom stereocenters. The molecule has 4 rings (SSSR count). The second-order valence-corrected chi connectivity index (χ2v) is 10.9. The predicted molar refractivity (Wildman–Crippen MR) is 143 cm³/mol. The van der Waals surface area contributed by atoms with Crippen molar-refractivity contribution in [2.24, 2.45) is 10.2 Å². The number of alkyl halides is 3. The molecule has 2 unspecified atom stereocenters. The molecular formula is C25H33F3N4O16. The summed E-state index contributed by atoms with van der Waals surface area (Å²) < 4.78 is 66.5. The van der Waals surface area contributed by atoms with Gasteiger partial charge in [-0.25, -0.2) is 0 Å². The van der Waals surface area contributed by atoms with Crippen molar-refractivity contribution in [2.75, 3.05) is 33.0 Å². The molecule has 48 heavy (non-hydrogen) atoms. The number of nitrogens with zero attached hydrogens (tertiary/aromatic N) is 3. The molecule has 0 aliphatic carbocycles. The summed E-state index contributed by atoms with van der Waals surface area (Å²) in [5.74, 6) is -1.61. The van der Waals surface area contributed by atoms with Gasteiger partial charge < -0.3 is 69.9 Å². The van der Waals surface area contributed by atoms with Gasteiger partial charge >= 0.3 is 17.5 Å². The number of nitro groups is 1. The second-order valence-electron chi connectivity index (χ2n) is 10.9. The topological polar surface area (TPSA) is 305 Å². The predicted octanol–water partition coefficient (Wildman–Crippen LogP) is -3.73. The largest absolute Gasteiger partial charge is 0.477 e. The minimum absolute atomic E-state index is 0.548. The number of aliphatic hydroxyl groups excluding tert-OH is 8. The van der Waals surface area contributed by atoms with Crippen molar-refractivity contribution in [2.45, 2.75) is 79.3 Å². The Labute approximate surface area is 267 Å². The lowest BCUT2D eigenvalue weighted by molar-refractivity contribution is -0.385. The fourth-order valence-corrected chi connectivity index (χ4v) is 4.99. The first-order chi connectivity index (χ1) is 22.5. The van der Waals surface area contributed by atoms with Crippen LogP contribution in [0.25, 0.3) is 0 Å². The first-order valence-electron chi connectivity index (χ1n) is 14.1. The van der Waals surface area contributed by atoms with Crippen molar-refractivity contribution in [1.29, 1.82) is 0 Å². The van der Waals surface area contributed by atoms with Crippen molar-refractivity contribution in [3.05, 3.63) is 33.9 Å². The first-order valence-corrected chi connectivity index (χ1v) is 14.1. The van der Waals surface area contributed by atoms with Gasteiger partial charge in [-0.1, -0.05) is 0 Å². The molecule has 3 aliphatic heterocycles. The van der Waals surface area contributed by atoms with Crippen LogP contribution < -0.4 is 10.1 Å². The SMILES string of the molecule is O=C(COc1ccc(C2(C(F)(F)F)N=N2)cc1[N+](=O)[O-])NC(CO[C@H]1[C@H](O)[C@@H](O)C(O)O[C@@H]1CO)CO[C@H]1[C@H](O)[C@@H](O)C(O)O[C@@H]1CO. The van der Waals surface area contributed by atoms with Crippen LogP contribution in [0.3, 0.4) is 0 Å². The van der Waals surface area contributed by atoms with Crippen molar-refractivity contribution >= 4 is 11.6 Å². The quantitative estimate of drug-likeness (QED) is 0.0665. The summed E-state index contributed by atoms with van der Waals surface area (Å²) in [6, 6.07) is 0.903. The van der Waals surface area contributed by atoms with Gasteiger partial charge in [-0.05, 0) is 12.1 Å². The summed E-state index contributed by atoms with van der Waals surface area (Å²) >= 11 is 0. The average molecular weight is 703 g/mol. The fourth-order valence-electron chi connectivity index (χ4n) is 4.99. The van der Waals surface area contributed by atoms with Gasteiger partial charge in [-0.2, -0.15) is 13.2 Å². The molecule has 0 aromatic heterocycles. The van der Waals surface area contributed by atoms with Gasteiger partial charge in [0.2, 0.25) is 0 Å². The van der Waals surface area contributed by atoms with E-state index >= 15 is 0 Å². The number of ether oxygens (including phenoxy) is 5. The van der Waals surface area contributed by atoms with E-state index in [0.717, 1.165) is 12.1 Å². The number of halogens is 3. The van der Waals surface area contributed by atoms with Crippen LogP contribution in [0.5, 0.6) is 5.75 Å². The van der Waals surface area contributed by atoms with Crippen LogP contribution in [0.1, 0.15) is 5.56 Å². The van der Waals surface area contributed by atoms with Crippen LogP contribution >= 0.6 is 0 Å². The van der Waals surface area contributed by atoms with Crippen LogP contribution in [0.4, 0.5) is 18.9 Å². The van der Waals surface area contributed by atoms with E-state index in [1.54, 1.807) is 0 Å². The molecule has 0 radical (unpaired) electrons. The number of nitrogens with one attached hydrogen (secondary N) is 1. The lowest BCUT2D eigenvalue weighted by Gasteiger charge is -2.41. The molecule has 9 N–H and O–H groups in total. The lowest BCUT2D eigenvalue weighted by atomic mass is 9.99. The summed E-state index contributed by atoms with van der Waals surface area (Å²) in [4.78, 5) is 23.4. The Bertz CT molecular complexity index is 1280. The number of carbonyl (C=O) groups excluding carboxylic acids is 1. The van der Waals surface area contributed by atoms with E-state index in [1.807, 2.05) is 0 Å². The molecule has 270 valence electrons. The van der Waals surface area contributed by atoms with E-state index in [-0.39, 0.29) is 0 Å². The number of nitro benzene ring substituents is 1. The number of amides is 1. The Morgan fingerprint density at radius 2 is 1.44 bits per heavy atom. The van der Waals surface area contributed by atoms with Crippen molar-refractivity contribution < 1.29 is 87.4 Å². The number of aliphatic hydroxyl groups is 8. The smallest absolute Gasteiger partial charge is 0.442 e. The Kier molecular flexibility index (Phi) is 11.9. The van der Waals surface area contributed by atoms with Gasteiger partial charge in [-0.15, -0.1) is 10.2 Å². The van der Waals surface area contributed by atoms with Gasteiger partial charge in [0.05, 0.1) is 37.4 Å². The highest BCUT2D eigenvalue weighted by Gasteiger charge is 2.65. The monoisotopic (exact) mass is 702 g/mol. The summed E-state index contributed by atoms with van der Waals surface area (Å²) in [5, 5.41) is 99.2. The number of hydrogen-bond acceptors (Lipinski definition) is 18. The summed E-state index contributed by atoms with van der Waals surface area (Å²) in [6.07, 6.45) is -21.7. The van der Waals surface area contributed by atoms with Gasteiger partial charge in [0, 0.05) is 11.6 Å². The van der Waals surface area contributed by atoms with Crippen LogP contribution in [-0.2, 0) is 29.4 Å². The lowest BCUT2D eigenvalue weighted by Crippen LogP contribution is -2.61. The molecule has 2 fully saturated rings. The highest BCUT2D eigenvalue weighted by Crippen LogP contribution is 2.53. The second kappa shape index (κ2) is 15.1. The van der Waals surface area contributed by atoms with E-state index in [0.29, 0.717) is 6.07 Å². The van der Waals surface area contributed by atoms with E-state index in [1.165, 1.54) is 0 Å².